The largest absolute Gasteiger partial charge is 0.358 e. The Kier molecular flexibility index (Phi) is 3.62. The van der Waals surface area contributed by atoms with Crippen LogP contribution < -0.4 is 11.1 Å². The fourth-order valence-electron chi connectivity index (χ4n) is 1.27. The second-order valence-corrected chi connectivity index (χ2v) is 3.50. The molecule has 1 aromatic heterocycles. The maximum Gasteiger partial charge on any atom is 0.323 e. The number of carbonyl (C=O) groups excluding carboxylic acids is 1. The lowest BCUT2D eigenvalue weighted by molar-refractivity contribution is -0.391. The summed E-state index contributed by atoms with van der Waals surface area (Å²) in [5.74, 6) is -0.487. The minimum absolute atomic E-state index is 0.120. The van der Waals surface area contributed by atoms with Crippen LogP contribution in [0.1, 0.15) is 17.4 Å². The monoisotopic (exact) mass is 226 g/mol. The molecular weight excluding hydrogens is 212 g/mol. The molecule has 1 aromatic rings. The SMILES string of the molecule is C[C@H](CN)NC(=O)c1ccc([N+](=O)[O-])n1C. The number of rotatable bonds is 4. The quantitative estimate of drug-likeness (QED) is 0.557. The molecule has 1 rings (SSSR count). The molecule has 1 atom stereocenters. The van der Waals surface area contributed by atoms with Gasteiger partial charge in [0.15, 0.2) is 5.69 Å². The van der Waals surface area contributed by atoms with Gasteiger partial charge in [-0.25, -0.2) is 4.57 Å². The molecule has 1 amide bonds. The Balaban J connectivity index is 2.89. The highest BCUT2D eigenvalue weighted by Gasteiger charge is 2.21. The highest BCUT2D eigenvalue weighted by molar-refractivity contribution is 5.93. The second-order valence-electron chi connectivity index (χ2n) is 3.50. The number of nitrogens with zero attached hydrogens (tertiary/aromatic N) is 2. The van der Waals surface area contributed by atoms with Crippen molar-refractivity contribution in [1.29, 1.82) is 0 Å². The lowest BCUT2D eigenvalue weighted by Gasteiger charge is -2.09. The second kappa shape index (κ2) is 4.75. The molecule has 0 fully saturated rings. The third-order valence-electron chi connectivity index (χ3n) is 2.25. The van der Waals surface area contributed by atoms with Gasteiger partial charge in [0.05, 0.1) is 7.05 Å². The molecule has 88 valence electrons. The first-order valence-electron chi connectivity index (χ1n) is 4.78. The van der Waals surface area contributed by atoms with Gasteiger partial charge < -0.3 is 21.2 Å². The average molecular weight is 226 g/mol. The van der Waals surface area contributed by atoms with E-state index >= 15 is 0 Å². The van der Waals surface area contributed by atoms with Crippen molar-refractivity contribution in [2.75, 3.05) is 6.54 Å². The molecule has 16 heavy (non-hydrogen) atoms. The first-order chi connectivity index (χ1) is 7.47. The third kappa shape index (κ3) is 2.37. The fraction of sp³-hybridized carbons (Fsp3) is 0.444. The molecule has 0 bridgehead atoms. The predicted octanol–water partition coefficient (Wildman–Crippen LogP) is 0.0103. The van der Waals surface area contributed by atoms with Crippen molar-refractivity contribution in [2.24, 2.45) is 12.8 Å². The third-order valence-corrected chi connectivity index (χ3v) is 2.25. The Hall–Kier alpha value is -1.89. The Morgan fingerprint density at radius 2 is 2.31 bits per heavy atom. The van der Waals surface area contributed by atoms with Crippen molar-refractivity contribution in [2.45, 2.75) is 13.0 Å². The number of amides is 1. The van der Waals surface area contributed by atoms with Crippen LogP contribution in [0.5, 0.6) is 0 Å². The molecule has 0 saturated carbocycles. The molecule has 0 radical (unpaired) electrons. The number of aromatic nitrogens is 1. The zero-order chi connectivity index (χ0) is 12.3. The van der Waals surface area contributed by atoms with Gasteiger partial charge in [0.2, 0.25) is 0 Å². The predicted molar refractivity (Wildman–Crippen MR) is 58.1 cm³/mol. The number of hydrogen-bond acceptors (Lipinski definition) is 4. The van der Waals surface area contributed by atoms with Gasteiger partial charge >= 0.3 is 5.82 Å². The number of hydrogen-bond donors (Lipinski definition) is 2. The fourth-order valence-corrected chi connectivity index (χ4v) is 1.27. The van der Waals surface area contributed by atoms with Gasteiger partial charge in [-0.3, -0.25) is 4.79 Å². The highest BCUT2D eigenvalue weighted by Crippen LogP contribution is 2.14. The van der Waals surface area contributed by atoms with E-state index in [0.717, 1.165) is 0 Å². The van der Waals surface area contributed by atoms with Gasteiger partial charge in [0, 0.05) is 18.7 Å². The molecule has 0 aliphatic carbocycles. The maximum atomic E-state index is 11.7. The van der Waals surface area contributed by atoms with E-state index in [2.05, 4.69) is 5.32 Å². The first-order valence-corrected chi connectivity index (χ1v) is 4.78. The zero-order valence-electron chi connectivity index (χ0n) is 9.14. The zero-order valence-corrected chi connectivity index (χ0v) is 9.14. The topological polar surface area (TPSA) is 103 Å². The van der Waals surface area contributed by atoms with Crippen LogP contribution in [0, 0.1) is 10.1 Å². The summed E-state index contributed by atoms with van der Waals surface area (Å²) in [5, 5.41) is 13.2. The normalized spacial score (nSPS) is 12.2. The van der Waals surface area contributed by atoms with Crippen LogP contribution >= 0.6 is 0 Å². The summed E-state index contributed by atoms with van der Waals surface area (Å²) in [6, 6.07) is 2.54. The standard InChI is InChI=1S/C9H14N4O3/c1-6(5-10)11-9(14)7-3-4-8(12(7)2)13(15)16/h3-4,6H,5,10H2,1-2H3,(H,11,14)/t6-/m1/s1. The van der Waals surface area contributed by atoms with E-state index in [4.69, 9.17) is 5.73 Å². The Morgan fingerprint density at radius 1 is 1.69 bits per heavy atom. The van der Waals surface area contributed by atoms with Gasteiger partial charge in [0.25, 0.3) is 5.91 Å². The Labute approximate surface area is 92.4 Å². The summed E-state index contributed by atoms with van der Waals surface area (Å²) in [7, 11) is 1.47. The van der Waals surface area contributed by atoms with Crippen molar-refractivity contribution < 1.29 is 9.72 Å². The van der Waals surface area contributed by atoms with E-state index in [-0.39, 0.29) is 23.5 Å². The summed E-state index contributed by atoms with van der Waals surface area (Å²) in [6.45, 7) is 2.08. The molecular formula is C9H14N4O3. The van der Waals surface area contributed by atoms with Crippen molar-refractivity contribution in [3.8, 4) is 0 Å². The van der Waals surface area contributed by atoms with Gasteiger partial charge in [-0.15, -0.1) is 0 Å². The van der Waals surface area contributed by atoms with E-state index < -0.39 is 4.92 Å². The van der Waals surface area contributed by atoms with Crippen LogP contribution in [0.3, 0.4) is 0 Å². The Bertz CT molecular complexity index is 413. The summed E-state index contributed by atoms with van der Waals surface area (Å²) < 4.78 is 1.23. The van der Waals surface area contributed by atoms with Crippen LogP contribution in [-0.4, -0.2) is 28.0 Å². The van der Waals surface area contributed by atoms with Crippen LogP contribution in [0.25, 0.3) is 0 Å². The molecule has 0 unspecified atom stereocenters. The molecule has 1 heterocycles. The Morgan fingerprint density at radius 3 is 2.75 bits per heavy atom. The smallest absolute Gasteiger partial charge is 0.323 e. The van der Waals surface area contributed by atoms with Gasteiger partial charge in [0.1, 0.15) is 0 Å². The minimum atomic E-state index is -0.539. The van der Waals surface area contributed by atoms with Crippen molar-refractivity contribution in [3.05, 3.63) is 27.9 Å². The molecule has 0 saturated heterocycles. The van der Waals surface area contributed by atoms with Crippen LogP contribution in [-0.2, 0) is 7.05 Å². The lowest BCUT2D eigenvalue weighted by atomic mass is 10.3. The van der Waals surface area contributed by atoms with E-state index in [9.17, 15) is 14.9 Å². The summed E-state index contributed by atoms with van der Waals surface area (Å²) >= 11 is 0. The lowest BCUT2D eigenvalue weighted by Crippen LogP contribution is -2.38. The number of nitrogens with two attached hydrogens (primary N) is 1. The van der Waals surface area contributed by atoms with Crippen molar-refractivity contribution in [3.63, 3.8) is 0 Å². The summed E-state index contributed by atoms with van der Waals surface area (Å²) in [5.41, 5.74) is 5.60. The molecule has 7 nitrogen and oxygen atoms in total. The number of nitro groups is 1. The van der Waals surface area contributed by atoms with Gasteiger partial charge in [-0.1, -0.05) is 0 Å². The van der Waals surface area contributed by atoms with Gasteiger partial charge in [-0.05, 0) is 17.9 Å². The van der Waals surface area contributed by atoms with Crippen LogP contribution in [0.4, 0.5) is 5.82 Å². The molecule has 3 N–H and O–H groups in total. The summed E-state index contributed by atoms with van der Waals surface area (Å²) in [6.07, 6.45) is 0. The molecule has 0 aromatic carbocycles. The molecule has 0 aliphatic rings. The highest BCUT2D eigenvalue weighted by atomic mass is 16.6. The average Bonchev–Trinajstić information content (AvgIpc) is 2.59. The van der Waals surface area contributed by atoms with Crippen molar-refractivity contribution >= 4 is 11.7 Å². The van der Waals surface area contributed by atoms with E-state index in [0.29, 0.717) is 6.54 Å². The van der Waals surface area contributed by atoms with Crippen LogP contribution in [0.2, 0.25) is 0 Å². The van der Waals surface area contributed by atoms with Crippen molar-refractivity contribution in [1.82, 2.24) is 9.88 Å². The molecule has 7 heteroatoms. The molecule has 0 aliphatic heterocycles. The number of carbonyl (C=O) groups is 1. The van der Waals surface area contributed by atoms with Crippen LogP contribution in [0.15, 0.2) is 12.1 Å². The van der Waals surface area contributed by atoms with E-state index in [1.165, 1.54) is 23.7 Å². The van der Waals surface area contributed by atoms with E-state index in [1.807, 2.05) is 0 Å². The van der Waals surface area contributed by atoms with Gasteiger partial charge in [-0.2, -0.15) is 0 Å². The maximum absolute atomic E-state index is 11.7. The first kappa shape index (κ1) is 12.2. The minimum Gasteiger partial charge on any atom is -0.358 e. The number of nitrogens with one attached hydrogen (secondary N) is 1. The summed E-state index contributed by atoms with van der Waals surface area (Å²) in [4.78, 5) is 21.7. The van der Waals surface area contributed by atoms with E-state index in [1.54, 1.807) is 6.92 Å². The molecule has 0 spiro atoms.